The number of hydrogen-bond donors (Lipinski definition) is 6. The molecule has 10 N–H and O–H groups in total. The molecule has 0 radical (unpaired) electrons. The van der Waals surface area contributed by atoms with Crippen LogP contribution in [-0.2, 0) is 20.5 Å². The summed E-state index contributed by atoms with van der Waals surface area (Å²) in [5.74, 6) is 0.170. The molecule has 12 nitrogen and oxygen atoms in total. The highest BCUT2D eigenvalue weighted by Gasteiger charge is 2.44. The summed E-state index contributed by atoms with van der Waals surface area (Å²) in [5.41, 5.74) is 15.9. The topological polar surface area (TPSA) is 180 Å². The van der Waals surface area contributed by atoms with Gasteiger partial charge in [-0.3, -0.25) is 21.1 Å². The van der Waals surface area contributed by atoms with Gasteiger partial charge >= 0.3 is 11.9 Å². The van der Waals surface area contributed by atoms with E-state index in [9.17, 15) is 9.59 Å². The van der Waals surface area contributed by atoms with Crippen molar-refractivity contribution in [3.63, 3.8) is 0 Å². The number of nitrogens with one attached hydrogen (secondary N) is 6. The van der Waals surface area contributed by atoms with E-state index in [-0.39, 0.29) is 29.6 Å². The molecule has 200 valence electrons. The second-order valence-electron chi connectivity index (χ2n) is 9.62. The van der Waals surface area contributed by atoms with E-state index in [1.165, 1.54) is 0 Å². The highest BCUT2D eigenvalue weighted by molar-refractivity contribution is 9.10. The predicted molar refractivity (Wildman–Crippen MR) is 147 cm³/mol. The minimum absolute atomic E-state index is 0.0309. The Hall–Kier alpha value is -3.52. The second-order valence-corrected chi connectivity index (χ2v) is 11.3. The van der Waals surface area contributed by atoms with Gasteiger partial charge in [0.1, 0.15) is 28.5 Å². The van der Waals surface area contributed by atoms with Crippen LogP contribution in [0.1, 0.15) is 44.0 Å². The summed E-state index contributed by atoms with van der Waals surface area (Å²) in [6.45, 7) is 0.756. The number of halogens is 2. The molecule has 4 aromatic rings. The van der Waals surface area contributed by atoms with Gasteiger partial charge in [0.15, 0.2) is 0 Å². The zero-order chi connectivity index (χ0) is 27.1. The molecule has 1 aliphatic carbocycles. The first-order chi connectivity index (χ1) is 18.1. The monoisotopic (exact) mass is 648 g/mol. The van der Waals surface area contributed by atoms with Gasteiger partial charge in [-0.1, -0.05) is 0 Å². The molecule has 0 aliphatic heterocycles. The summed E-state index contributed by atoms with van der Waals surface area (Å²) in [7, 11) is 3.65. The van der Waals surface area contributed by atoms with Gasteiger partial charge in [-0.05, 0) is 61.9 Å². The predicted octanol–water partition coefficient (Wildman–Crippen LogP) is 1.12. The lowest BCUT2D eigenvalue weighted by molar-refractivity contribution is -0.375. The maximum Gasteiger partial charge on any atom is 0.350 e. The van der Waals surface area contributed by atoms with Crippen LogP contribution in [0.4, 0.5) is 11.9 Å². The van der Waals surface area contributed by atoms with Gasteiger partial charge in [0, 0.05) is 44.3 Å². The zero-order valence-electron chi connectivity index (χ0n) is 20.9. The van der Waals surface area contributed by atoms with Crippen molar-refractivity contribution in [2.24, 2.45) is 25.9 Å². The fraction of sp³-hybridized carbons (Fsp3) is 0.333. The SMILES string of the molecule is Cn1cc(Br)cc1C(=O)NC[C@@H]1C(CNC(=O)c2ccc(Br)n2C)Cc2[nH]c(N)[nH+]c2C1c1c[nH+]c(N)[nH]1. The third-order valence-corrected chi connectivity index (χ3v) is 8.44. The van der Waals surface area contributed by atoms with Crippen molar-refractivity contribution in [3.8, 4) is 0 Å². The summed E-state index contributed by atoms with van der Waals surface area (Å²) in [6.07, 6.45) is 4.29. The average molecular weight is 650 g/mol. The number of anilines is 2. The minimum atomic E-state index is -0.201. The largest absolute Gasteiger partial charge is 0.350 e. The van der Waals surface area contributed by atoms with E-state index in [1.54, 1.807) is 21.3 Å². The van der Waals surface area contributed by atoms with Crippen LogP contribution in [0.5, 0.6) is 0 Å². The first-order valence-electron chi connectivity index (χ1n) is 12.1. The first kappa shape index (κ1) is 26.1. The Morgan fingerprint density at radius 2 is 1.82 bits per heavy atom. The van der Waals surface area contributed by atoms with Gasteiger partial charge in [-0.2, -0.15) is 0 Å². The van der Waals surface area contributed by atoms with Gasteiger partial charge in [0.25, 0.3) is 11.8 Å². The number of amides is 2. The Kier molecular flexibility index (Phi) is 7.09. The van der Waals surface area contributed by atoms with Gasteiger partial charge in [0.2, 0.25) is 0 Å². The van der Waals surface area contributed by atoms with Crippen LogP contribution in [0.3, 0.4) is 0 Å². The van der Waals surface area contributed by atoms with E-state index < -0.39 is 0 Å². The lowest BCUT2D eigenvalue weighted by Crippen LogP contribution is -2.45. The second kappa shape index (κ2) is 10.3. The number of H-pyrrole nitrogens is 4. The standard InChI is InChI=1S/C24H28Br2N10O2/c1-35-10-12(25)6-17(35)22(38)30-8-13-11(7-29-21(37)16-3-4-18(26)36(16)2)5-14-20(34-24(28)32-14)19(13)15-9-31-23(27)33-15/h3-4,6,9-11,13,19H,5,7-8H2,1-2H3,(H,29,37)(H,30,38)(H3,27,31,33)(H3,28,32,34)/p+2/t11?,13-,19?/m1/s1. The highest BCUT2D eigenvalue weighted by Crippen LogP contribution is 2.41. The number of aromatic nitrogens is 6. The number of rotatable bonds is 7. The molecule has 14 heteroatoms. The van der Waals surface area contributed by atoms with Crippen LogP contribution in [-0.4, -0.2) is 44.0 Å². The van der Waals surface area contributed by atoms with Crippen LogP contribution >= 0.6 is 31.9 Å². The molecule has 0 bridgehead atoms. The van der Waals surface area contributed by atoms with Crippen LogP contribution in [0.25, 0.3) is 0 Å². The molecule has 0 aromatic carbocycles. The molecule has 4 aromatic heterocycles. The molecule has 2 unspecified atom stereocenters. The van der Waals surface area contributed by atoms with Crippen LogP contribution in [0.15, 0.2) is 39.7 Å². The number of carbonyl (C=O) groups is 2. The molecule has 0 saturated heterocycles. The van der Waals surface area contributed by atoms with Crippen molar-refractivity contribution < 1.29 is 19.6 Å². The van der Waals surface area contributed by atoms with Crippen LogP contribution in [0, 0.1) is 11.8 Å². The molecule has 38 heavy (non-hydrogen) atoms. The van der Waals surface area contributed by atoms with Gasteiger partial charge < -0.3 is 19.8 Å². The Labute approximate surface area is 235 Å². The lowest BCUT2D eigenvalue weighted by atomic mass is 9.71. The molecular formula is C24H30Br2N10O2+2. The molecule has 0 fully saturated rings. The Balaban J connectivity index is 1.45. The van der Waals surface area contributed by atoms with E-state index in [0.717, 1.165) is 26.2 Å². The Morgan fingerprint density at radius 3 is 2.45 bits per heavy atom. The van der Waals surface area contributed by atoms with Crippen molar-refractivity contribution in [2.75, 3.05) is 24.6 Å². The third kappa shape index (κ3) is 4.97. The van der Waals surface area contributed by atoms with E-state index in [0.29, 0.717) is 42.8 Å². The Bertz CT molecular complexity index is 1500. The molecular weight excluding hydrogens is 620 g/mol. The summed E-state index contributed by atoms with van der Waals surface area (Å²) in [6, 6.07) is 5.39. The number of imidazole rings is 2. The van der Waals surface area contributed by atoms with Crippen molar-refractivity contribution in [2.45, 2.75) is 12.3 Å². The van der Waals surface area contributed by atoms with E-state index in [2.05, 4.69) is 62.4 Å². The third-order valence-electron chi connectivity index (χ3n) is 7.21. The molecule has 5 rings (SSSR count). The number of fused-ring (bicyclic) bond motifs is 1. The maximum absolute atomic E-state index is 13.1. The quantitative estimate of drug-likeness (QED) is 0.176. The van der Waals surface area contributed by atoms with Crippen molar-refractivity contribution in [3.05, 3.63) is 68.1 Å². The molecule has 0 spiro atoms. The van der Waals surface area contributed by atoms with Crippen molar-refractivity contribution in [1.82, 2.24) is 29.7 Å². The number of aromatic amines is 4. The smallest absolute Gasteiger partial charge is 0.350 e. The number of hydrogen-bond acceptors (Lipinski definition) is 4. The average Bonchev–Trinajstić information content (AvgIpc) is 3.63. The van der Waals surface area contributed by atoms with Gasteiger partial charge in [-0.15, -0.1) is 0 Å². The number of nitrogens with two attached hydrogens (primary N) is 2. The fourth-order valence-corrected chi connectivity index (χ4v) is 6.18. The molecule has 3 atom stereocenters. The summed E-state index contributed by atoms with van der Waals surface area (Å²) >= 11 is 6.87. The van der Waals surface area contributed by atoms with Crippen LogP contribution in [0.2, 0.25) is 0 Å². The molecule has 4 heterocycles. The fourth-order valence-electron chi connectivity index (χ4n) is 5.33. The number of nitrogen functional groups attached to an aromatic ring is 2. The zero-order valence-corrected chi connectivity index (χ0v) is 24.0. The minimum Gasteiger partial charge on any atom is -0.350 e. The number of aryl methyl sites for hydroxylation is 1. The number of nitrogens with zero attached hydrogens (tertiary/aromatic N) is 2. The van der Waals surface area contributed by atoms with E-state index in [4.69, 9.17) is 11.5 Å². The van der Waals surface area contributed by atoms with E-state index in [1.807, 2.05) is 32.6 Å². The van der Waals surface area contributed by atoms with Crippen LogP contribution < -0.4 is 32.1 Å². The molecule has 0 saturated carbocycles. The van der Waals surface area contributed by atoms with Gasteiger partial charge in [0.05, 0.1) is 16.7 Å². The molecule has 1 aliphatic rings. The summed E-state index contributed by atoms with van der Waals surface area (Å²) in [5, 5.41) is 6.21. The van der Waals surface area contributed by atoms with Gasteiger partial charge in [-0.25, -0.2) is 19.9 Å². The lowest BCUT2D eigenvalue weighted by Gasteiger charge is -2.35. The normalized spacial score (nSPS) is 18.8. The summed E-state index contributed by atoms with van der Waals surface area (Å²) < 4.78 is 5.20. The van der Waals surface area contributed by atoms with E-state index >= 15 is 0 Å². The highest BCUT2D eigenvalue weighted by atomic mass is 79.9. The van der Waals surface area contributed by atoms with Crippen molar-refractivity contribution >= 4 is 55.6 Å². The first-order valence-corrected chi connectivity index (χ1v) is 13.7. The summed E-state index contributed by atoms with van der Waals surface area (Å²) in [4.78, 5) is 38.9. The maximum atomic E-state index is 13.1. The number of carbonyl (C=O) groups excluding carboxylic acids is 2. The van der Waals surface area contributed by atoms with Crippen molar-refractivity contribution in [1.29, 1.82) is 0 Å². The molecule has 2 amide bonds. The Morgan fingerprint density at radius 1 is 1.08 bits per heavy atom.